The summed E-state index contributed by atoms with van der Waals surface area (Å²) in [7, 11) is -3.51. The van der Waals surface area contributed by atoms with Crippen LogP contribution in [0.25, 0.3) is 0 Å². The lowest BCUT2D eigenvalue weighted by atomic mass is 10.0. The molecule has 18 heavy (non-hydrogen) atoms. The molecule has 5 heteroatoms. The molecule has 1 atom stereocenters. The molecule has 1 aromatic carbocycles. The number of sulfonamides is 1. The van der Waals surface area contributed by atoms with Gasteiger partial charge in [0, 0.05) is 12.6 Å². The van der Waals surface area contributed by atoms with Crippen LogP contribution in [0.2, 0.25) is 0 Å². The van der Waals surface area contributed by atoms with E-state index in [1.54, 1.807) is 18.2 Å². The number of benzene rings is 1. The fourth-order valence-electron chi connectivity index (χ4n) is 1.72. The molecular weight excluding hydrogens is 250 g/mol. The Morgan fingerprint density at radius 1 is 1.33 bits per heavy atom. The van der Waals surface area contributed by atoms with E-state index in [2.05, 4.69) is 4.72 Å². The molecule has 0 aliphatic heterocycles. The first-order valence-electron chi connectivity index (χ1n) is 6.06. The first kappa shape index (κ1) is 15.1. The van der Waals surface area contributed by atoms with Crippen LogP contribution in [0.1, 0.15) is 25.8 Å². The van der Waals surface area contributed by atoms with Crippen LogP contribution in [-0.4, -0.2) is 26.2 Å². The highest BCUT2D eigenvalue weighted by Crippen LogP contribution is 2.14. The van der Waals surface area contributed by atoms with Crippen molar-refractivity contribution in [2.75, 3.05) is 6.61 Å². The second-order valence-corrected chi connectivity index (χ2v) is 6.51. The fraction of sp³-hybridized carbons (Fsp3) is 0.538. The van der Waals surface area contributed by atoms with E-state index in [1.165, 1.54) is 0 Å². The van der Waals surface area contributed by atoms with Crippen LogP contribution in [0, 0.1) is 12.8 Å². The smallest absolute Gasteiger partial charge is 0.240 e. The van der Waals surface area contributed by atoms with Crippen molar-refractivity contribution in [1.29, 1.82) is 0 Å². The third kappa shape index (κ3) is 4.08. The molecule has 0 aliphatic carbocycles. The van der Waals surface area contributed by atoms with E-state index in [-0.39, 0.29) is 23.5 Å². The van der Waals surface area contributed by atoms with Gasteiger partial charge in [0.1, 0.15) is 0 Å². The van der Waals surface area contributed by atoms with Gasteiger partial charge in [-0.1, -0.05) is 26.0 Å². The summed E-state index contributed by atoms with van der Waals surface area (Å²) >= 11 is 0. The van der Waals surface area contributed by atoms with E-state index in [0.717, 1.165) is 5.56 Å². The Kier molecular flexibility index (Phi) is 5.31. The maximum atomic E-state index is 12.2. The van der Waals surface area contributed by atoms with E-state index in [9.17, 15) is 8.42 Å². The zero-order valence-electron chi connectivity index (χ0n) is 11.1. The van der Waals surface area contributed by atoms with Crippen molar-refractivity contribution in [1.82, 2.24) is 4.72 Å². The summed E-state index contributed by atoms with van der Waals surface area (Å²) in [5.41, 5.74) is 0.904. The molecule has 0 saturated heterocycles. The Hall–Kier alpha value is -0.910. The van der Waals surface area contributed by atoms with Crippen LogP contribution in [0.15, 0.2) is 29.2 Å². The second-order valence-electron chi connectivity index (χ2n) is 4.80. The van der Waals surface area contributed by atoms with Crippen molar-refractivity contribution in [3.05, 3.63) is 29.8 Å². The van der Waals surface area contributed by atoms with Gasteiger partial charge in [0.05, 0.1) is 4.90 Å². The molecule has 102 valence electrons. The Labute approximate surface area is 109 Å². The van der Waals surface area contributed by atoms with Crippen molar-refractivity contribution in [2.24, 2.45) is 5.92 Å². The number of aryl methyl sites for hydroxylation is 1. The molecule has 1 rings (SSSR count). The predicted molar refractivity (Wildman–Crippen MR) is 71.8 cm³/mol. The zero-order valence-corrected chi connectivity index (χ0v) is 11.9. The summed E-state index contributed by atoms with van der Waals surface area (Å²) in [6.07, 6.45) is 0.419. The summed E-state index contributed by atoms with van der Waals surface area (Å²) in [4.78, 5) is 0.270. The summed E-state index contributed by atoms with van der Waals surface area (Å²) in [6, 6.07) is 6.54. The van der Waals surface area contributed by atoms with Crippen LogP contribution in [0.5, 0.6) is 0 Å². The number of rotatable bonds is 6. The number of hydrogen-bond acceptors (Lipinski definition) is 3. The molecule has 0 bridgehead atoms. The highest BCUT2D eigenvalue weighted by atomic mass is 32.2. The highest BCUT2D eigenvalue weighted by molar-refractivity contribution is 7.89. The Bertz CT molecular complexity index is 483. The maximum Gasteiger partial charge on any atom is 0.240 e. The third-order valence-electron chi connectivity index (χ3n) is 2.85. The van der Waals surface area contributed by atoms with Crippen molar-refractivity contribution in [3.63, 3.8) is 0 Å². The first-order valence-corrected chi connectivity index (χ1v) is 7.55. The molecule has 4 nitrogen and oxygen atoms in total. The van der Waals surface area contributed by atoms with Gasteiger partial charge in [0.15, 0.2) is 0 Å². The molecule has 0 saturated carbocycles. The Morgan fingerprint density at radius 3 is 2.50 bits per heavy atom. The highest BCUT2D eigenvalue weighted by Gasteiger charge is 2.21. The molecule has 1 aromatic rings. The molecule has 2 N–H and O–H groups in total. The maximum absolute atomic E-state index is 12.2. The normalized spacial score (nSPS) is 13.8. The summed E-state index contributed by atoms with van der Waals surface area (Å²) in [5, 5.41) is 8.96. The van der Waals surface area contributed by atoms with Crippen molar-refractivity contribution >= 4 is 10.0 Å². The average Bonchev–Trinajstić information content (AvgIpc) is 2.28. The molecule has 0 radical (unpaired) electrons. The van der Waals surface area contributed by atoms with E-state index < -0.39 is 10.0 Å². The minimum atomic E-state index is -3.51. The van der Waals surface area contributed by atoms with Gasteiger partial charge in [-0.3, -0.25) is 0 Å². The van der Waals surface area contributed by atoms with E-state index >= 15 is 0 Å². The predicted octanol–water partition coefficient (Wildman–Crippen LogP) is 1.68. The minimum Gasteiger partial charge on any atom is -0.396 e. The van der Waals surface area contributed by atoms with Gasteiger partial charge in [-0.25, -0.2) is 13.1 Å². The largest absolute Gasteiger partial charge is 0.396 e. The van der Waals surface area contributed by atoms with E-state index in [4.69, 9.17) is 5.11 Å². The lowest BCUT2D eigenvalue weighted by Gasteiger charge is -2.21. The SMILES string of the molecule is Cc1cccc(S(=O)(=O)NC(CCO)C(C)C)c1. The number of aliphatic hydroxyl groups is 1. The van der Waals surface area contributed by atoms with Crippen LogP contribution in [0.3, 0.4) is 0 Å². The van der Waals surface area contributed by atoms with Gasteiger partial charge >= 0.3 is 0 Å². The number of aliphatic hydroxyl groups excluding tert-OH is 1. The zero-order chi connectivity index (χ0) is 13.8. The first-order chi connectivity index (χ1) is 8.36. The average molecular weight is 271 g/mol. The topological polar surface area (TPSA) is 66.4 Å². The molecule has 0 spiro atoms. The number of nitrogens with one attached hydrogen (secondary N) is 1. The van der Waals surface area contributed by atoms with Gasteiger partial charge < -0.3 is 5.11 Å². The molecule has 1 unspecified atom stereocenters. The van der Waals surface area contributed by atoms with Crippen molar-refractivity contribution in [2.45, 2.75) is 38.1 Å². The lowest BCUT2D eigenvalue weighted by Crippen LogP contribution is -2.39. The van der Waals surface area contributed by atoms with Crippen LogP contribution in [0.4, 0.5) is 0 Å². The van der Waals surface area contributed by atoms with Gasteiger partial charge in [0.25, 0.3) is 0 Å². The Morgan fingerprint density at radius 2 is 2.00 bits per heavy atom. The number of hydrogen-bond donors (Lipinski definition) is 2. The van der Waals surface area contributed by atoms with Crippen LogP contribution in [-0.2, 0) is 10.0 Å². The molecular formula is C13H21NO3S. The van der Waals surface area contributed by atoms with Gasteiger partial charge in [0.2, 0.25) is 10.0 Å². The lowest BCUT2D eigenvalue weighted by molar-refractivity contribution is 0.256. The van der Waals surface area contributed by atoms with Gasteiger partial charge in [-0.2, -0.15) is 0 Å². The van der Waals surface area contributed by atoms with E-state index in [0.29, 0.717) is 6.42 Å². The standard InChI is InChI=1S/C13H21NO3S/c1-10(2)13(7-8-15)14-18(16,17)12-6-4-5-11(3)9-12/h4-6,9-10,13-15H,7-8H2,1-3H3. The third-order valence-corrected chi connectivity index (χ3v) is 4.34. The molecule has 0 amide bonds. The molecule has 0 fully saturated rings. The van der Waals surface area contributed by atoms with Crippen molar-refractivity contribution < 1.29 is 13.5 Å². The van der Waals surface area contributed by atoms with Gasteiger partial charge in [-0.05, 0) is 37.0 Å². The van der Waals surface area contributed by atoms with Crippen LogP contribution >= 0.6 is 0 Å². The molecule has 0 aliphatic rings. The van der Waals surface area contributed by atoms with Crippen LogP contribution < -0.4 is 4.72 Å². The van der Waals surface area contributed by atoms with E-state index in [1.807, 2.05) is 26.8 Å². The summed E-state index contributed by atoms with van der Waals surface area (Å²) in [6.45, 7) is 5.68. The molecule has 0 heterocycles. The quantitative estimate of drug-likeness (QED) is 0.827. The summed E-state index contributed by atoms with van der Waals surface area (Å²) < 4.78 is 27.0. The molecule has 0 aromatic heterocycles. The fourth-order valence-corrected chi connectivity index (χ4v) is 3.24. The minimum absolute atomic E-state index is 0.0286. The monoisotopic (exact) mass is 271 g/mol. The van der Waals surface area contributed by atoms with Crippen molar-refractivity contribution in [3.8, 4) is 0 Å². The summed E-state index contributed by atoms with van der Waals surface area (Å²) in [5.74, 6) is 0.136. The Balaban J connectivity index is 2.93. The van der Waals surface area contributed by atoms with Gasteiger partial charge in [-0.15, -0.1) is 0 Å². The second kappa shape index (κ2) is 6.31.